The largest absolute Gasteiger partial charge is 0.480 e. The van der Waals surface area contributed by atoms with Crippen LogP contribution in [-0.4, -0.2) is 91.6 Å². The van der Waals surface area contributed by atoms with Gasteiger partial charge in [-0.05, 0) is 31.4 Å². The number of aliphatic hydroxyl groups is 1. The number of nitrogens with one attached hydrogen (secondary N) is 5. The number of aromatic amines is 2. The molecule has 3 amide bonds. The lowest BCUT2D eigenvalue weighted by Crippen LogP contribution is -2.58. The highest BCUT2D eigenvalue weighted by Gasteiger charge is 2.32. The number of carbonyl (C=O) groups excluding carboxylic acids is 3. The first kappa shape index (κ1) is 32.6. The van der Waals surface area contributed by atoms with Gasteiger partial charge in [-0.1, -0.05) is 18.2 Å². The lowest BCUT2D eigenvalue weighted by atomic mass is 10.0. The van der Waals surface area contributed by atoms with Gasteiger partial charge in [-0.2, -0.15) is 0 Å². The van der Waals surface area contributed by atoms with E-state index < -0.39 is 54.0 Å². The third-order valence-electron chi connectivity index (χ3n) is 6.69. The number of nitrogens with two attached hydrogens (primary N) is 3. The molecule has 0 radical (unpaired) electrons. The molecule has 16 heteroatoms. The van der Waals surface area contributed by atoms with Crippen molar-refractivity contribution in [1.29, 1.82) is 0 Å². The number of imidazole rings is 1. The number of rotatable bonds is 16. The molecule has 0 aliphatic carbocycles. The number of para-hydroxylation sites is 1. The minimum absolute atomic E-state index is 0.0261. The molecule has 0 spiro atoms. The van der Waals surface area contributed by atoms with Crippen LogP contribution in [0.25, 0.3) is 10.9 Å². The number of amides is 3. The van der Waals surface area contributed by atoms with E-state index >= 15 is 0 Å². The number of aliphatic carboxylic acids is 1. The zero-order valence-corrected chi connectivity index (χ0v) is 23.6. The number of carboxylic acids is 1. The fourth-order valence-corrected chi connectivity index (χ4v) is 4.42. The fraction of sp³-hybridized carbons (Fsp3) is 0.407. The van der Waals surface area contributed by atoms with Crippen LogP contribution in [0, 0.1) is 0 Å². The van der Waals surface area contributed by atoms with E-state index in [-0.39, 0.29) is 31.8 Å². The van der Waals surface area contributed by atoms with Crippen molar-refractivity contribution in [2.24, 2.45) is 22.2 Å². The zero-order valence-electron chi connectivity index (χ0n) is 23.6. The van der Waals surface area contributed by atoms with Crippen molar-refractivity contribution < 1.29 is 29.4 Å². The highest BCUT2D eigenvalue weighted by molar-refractivity contribution is 5.95. The van der Waals surface area contributed by atoms with E-state index in [1.165, 1.54) is 19.4 Å². The highest BCUT2D eigenvalue weighted by atomic mass is 16.4. The molecule has 0 saturated carbocycles. The van der Waals surface area contributed by atoms with Crippen LogP contribution in [0.15, 0.2) is 48.0 Å². The summed E-state index contributed by atoms with van der Waals surface area (Å²) in [6.07, 6.45) is 3.75. The first-order valence-electron chi connectivity index (χ1n) is 13.6. The summed E-state index contributed by atoms with van der Waals surface area (Å²) in [5.74, 6) is -3.75. The number of nitrogens with zero attached hydrogens (tertiary/aromatic N) is 2. The van der Waals surface area contributed by atoms with Gasteiger partial charge in [0.1, 0.15) is 12.1 Å². The molecule has 2 heterocycles. The first-order valence-corrected chi connectivity index (χ1v) is 13.6. The van der Waals surface area contributed by atoms with E-state index in [1.807, 2.05) is 24.3 Å². The van der Waals surface area contributed by atoms with Gasteiger partial charge >= 0.3 is 5.97 Å². The van der Waals surface area contributed by atoms with Gasteiger partial charge in [-0.3, -0.25) is 19.4 Å². The first-order chi connectivity index (χ1) is 20.5. The van der Waals surface area contributed by atoms with E-state index in [4.69, 9.17) is 17.2 Å². The Morgan fingerprint density at radius 2 is 1.70 bits per heavy atom. The molecule has 16 nitrogen and oxygen atoms in total. The molecule has 3 aromatic rings. The molecule has 0 aliphatic rings. The third-order valence-corrected chi connectivity index (χ3v) is 6.69. The summed E-state index contributed by atoms with van der Waals surface area (Å²) in [4.78, 5) is 65.3. The smallest absolute Gasteiger partial charge is 0.328 e. The van der Waals surface area contributed by atoms with Crippen molar-refractivity contribution in [3.05, 3.63) is 54.2 Å². The number of fused-ring (bicyclic) bond motifs is 1. The van der Waals surface area contributed by atoms with Gasteiger partial charge in [0.25, 0.3) is 0 Å². The van der Waals surface area contributed by atoms with Crippen molar-refractivity contribution in [3.8, 4) is 0 Å². The summed E-state index contributed by atoms with van der Waals surface area (Å²) in [6, 6.07) is 2.28. The molecule has 13 N–H and O–H groups in total. The monoisotopic (exact) mass is 598 g/mol. The van der Waals surface area contributed by atoms with Gasteiger partial charge in [-0.25, -0.2) is 9.78 Å². The van der Waals surface area contributed by atoms with E-state index in [9.17, 15) is 29.4 Å². The van der Waals surface area contributed by atoms with E-state index in [0.717, 1.165) is 10.9 Å². The number of guanidine groups is 1. The molecule has 232 valence electrons. The molecule has 0 saturated heterocycles. The van der Waals surface area contributed by atoms with Crippen LogP contribution in [0.3, 0.4) is 0 Å². The average Bonchev–Trinajstić information content (AvgIpc) is 3.62. The zero-order chi connectivity index (χ0) is 31.5. The highest BCUT2D eigenvalue weighted by Crippen LogP contribution is 2.19. The summed E-state index contributed by atoms with van der Waals surface area (Å²) in [5, 5.41) is 27.8. The van der Waals surface area contributed by atoms with Crippen LogP contribution in [0.4, 0.5) is 0 Å². The van der Waals surface area contributed by atoms with Gasteiger partial charge < -0.3 is 53.3 Å². The van der Waals surface area contributed by atoms with Crippen LogP contribution >= 0.6 is 0 Å². The molecule has 3 rings (SSSR count). The number of hydrogen-bond acceptors (Lipinski definition) is 8. The predicted molar refractivity (Wildman–Crippen MR) is 157 cm³/mol. The van der Waals surface area contributed by atoms with E-state index in [0.29, 0.717) is 17.7 Å². The van der Waals surface area contributed by atoms with Crippen LogP contribution < -0.4 is 33.2 Å². The normalized spacial score (nSPS) is 14.6. The SMILES string of the molecule is CC(O)C(NC(=O)C(Cc1c[nH]c2ccccc12)NC(=O)C(CCCN=C(N)N)NC(=O)C(N)Cc1cnc[nH]1)C(=O)O. The van der Waals surface area contributed by atoms with Crippen LogP contribution in [0.5, 0.6) is 0 Å². The Kier molecular flexibility index (Phi) is 11.6. The van der Waals surface area contributed by atoms with E-state index in [2.05, 4.69) is 35.9 Å². The maximum absolute atomic E-state index is 13.6. The molecule has 0 aliphatic heterocycles. The molecule has 5 atom stereocenters. The topological polar surface area (TPSA) is 280 Å². The number of carbonyl (C=O) groups is 4. The van der Waals surface area contributed by atoms with Gasteiger partial charge in [0.2, 0.25) is 17.7 Å². The maximum atomic E-state index is 13.6. The summed E-state index contributed by atoms with van der Waals surface area (Å²) < 4.78 is 0. The average molecular weight is 599 g/mol. The summed E-state index contributed by atoms with van der Waals surface area (Å²) in [5.41, 5.74) is 18.9. The van der Waals surface area contributed by atoms with Gasteiger partial charge in [0.05, 0.1) is 18.5 Å². The van der Waals surface area contributed by atoms with Crippen molar-refractivity contribution >= 4 is 40.6 Å². The molecule has 1 aromatic carbocycles. The molecular formula is C27H38N10O6. The van der Waals surface area contributed by atoms with Crippen molar-refractivity contribution in [2.45, 2.75) is 62.9 Å². The minimum Gasteiger partial charge on any atom is -0.480 e. The lowest BCUT2D eigenvalue weighted by molar-refractivity contribution is -0.145. The standard InChI is InChI=1S/C27H38N10O6/c1-14(38)22(26(42)43)37-25(41)21(9-15-11-33-19-6-3-2-5-17(15)19)36-24(40)20(7-4-8-32-27(29)30)35-23(39)18(28)10-16-12-31-13-34-16/h2-3,5-6,11-14,18,20-22,33,38H,4,7-10,28H2,1H3,(H,31,34)(H,35,39)(H,36,40)(H,37,41)(H,42,43)(H4,29,30,32). The number of aromatic nitrogens is 3. The Hall–Kier alpha value is -4.96. The van der Waals surface area contributed by atoms with Crippen LogP contribution in [-0.2, 0) is 32.0 Å². The molecular weight excluding hydrogens is 560 g/mol. The Bertz CT molecular complexity index is 1420. The van der Waals surface area contributed by atoms with Crippen molar-refractivity contribution in [2.75, 3.05) is 6.54 Å². The van der Waals surface area contributed by atoms with Crippen molar-refractivity contribution in [3.63, 3.8) is 0 Å². The second-order valence-electron chi connectivity index (χ2n) is 10.1. The van der Waals surface area contributed by atoms with Gasteiger partial charge in [0, 0.05) is 48.4 Å². The minimum atomic E-state index is -1.62. The number of aliphatic imine (C=N–C) groups is 1. The molecule has 0 fully saturated rings. The van der Waals surface area contributed by atoms with Gasteiger partial charge in [0.15, 0.2) is 12.0 Å². The fourth-order valence-electron chi connectivity index (χ4n) is 4.42. The van der Waals surface area contributed by atoms with Crippen molar-refractivity contribution in [1.82, 2.24) is 30.9 Å². The molecule has 5 unspecified atom stereocenters. The number of aliphatic hydroxyl groups excluding tert-OH is 1. The Balaban J connectivity index is 1.83. The second kappa shape index (κ2) is 15.3. The predicted octanol–water partition coefficient (Wildman–Crippen LogP) is -2.02. The number of benzene rings is 1. The number of H-pyrrole nitrogens is 2. The van der Waals surface area contributed by atoms with Crippen LogP contribution in [0.1, 0.15) is 31.0 Å². The van der Waals surface area contributed by atoms with E-state index in [1.54, 1.807) is 6.20 Å². The molecule has 0 bridgehead atoms. The maximum Gasteiger partial charge on any atom is 0.328 e. The Labute approximate surface area is 246 Å². The number of carboxylic acid groups (broad SMARTS) is 1. The summed E-state index contributed by atoms with van der Waals surface area (Å²) >= 11 is 0. The summed E-state index contributed by atoms with van der Waals surface area (Å²) in [7, 11) is 0. The second-order valence-corrected chi connectivity index (χ2v) is 10.1. The molecule has 2 aromatic heterocycles. The Morgan fingerprint density at radius 3 is 2.35 bits per heavy atom. The lowest BCUT2D eigenvalue weighted by Gasteiger charge is -2.26. The van der Waals surface area contributed by atoms with Crippen LogP contribution in [0.2, 0.25) is 0 Å². The third kappa shape index (κ3) is 9.54. The van der Waals surface area contributed by atoms with Gasteiger partial charge in [-0.15, -0.1) is 0 Å². The quantitative estimate of drug-likeness (QED) is 0.0490. The Morgan fingerprint density at radius 1 is 1.00 bits per heavy atom. The molecule has 43 heavy (non-hydrogen) atoms. The number of hydrogen-bond donors (Lipinski definition) is 10. The summed E-state index contributed by atoms with van der Waals surface area (Å²) in [6.45, 7) is 1.40.